The number of furan rings is 1. The molecule has 0 radical (unpaired) electrons. The third-order valence-corrected chi connectivity index (χ3v) is 8.72. The molecule has 0 spiro atoms. The Morgan fingerprint density at radius 2 is 1.80 bits per heavy atom. The first-order chi connectivity index (χ1) is 16.8. The van der Waals surface area contributed by atoms with Gasteiger partial charge in [0.15, 0.2) is 0 Å². The zero-order chi connectivity index (χ0) is 25.0. The molecule has 7 nitrogen and oxygen atoms in total. The predicted octanol–water partition coefficient (Wildman–Crippen LogP) is 4.84. The molecule has 0 bridgehead atoms. The number of aryl methyl sites for hydroxylation is 1. The molecule has 0 atom stereocenters. The van der Waals surface area contributed by atoms with Gasteiger partial charge in [0.05, 0.1) is 12.0 Å². The topological polar surface area (TPSA) is 80.1 Å². The SMILES string of the molecule is CCCCc1oc2ccccc2c1CN(C)C(=O)C1CCN(S(=O)(=O)c2ccc(OC)cc2)CC1. The quantitative estimate of drug-likeness (QED) is 0.422. The maximum atomic E-state index is 13.3. The summed E-state index contributed by atoms with van der Waals surface area (Å²) < 4.78 is 38.8. The standard InChI is InChI=1S/C27H34N2O5S/c1-4-5-9-26-24(23-8-6-7-10-25(23)34-26)19-28(2)27(30)20-15-17-29(18-16-20)35(31,32)22-13-11-21(33-3)12-14-22/h6-8,10-14,20H,4-5,9,15-19H2,1-3H3. The summed E-state index contributed by atoms with van der Waals surface area (Å²) >= 11 is 0. The molecule has 0 unspecified atom stereocenters. The predicted molar refractivity (Wildman–Crippen MR) is 136 cm³/mol. The summed E-state index contributed by atoms with van der Waals surface area (Å²) in [5.41, 5.74) is 1.93. The van der Waals surface area contributed by atoms with Crippen molar-refractivity contribution in [1.29, 1.82) is 0 Å². The maximum absolute atomic E-state index is 13.3. The summed E-state index contributed by atoms with van der Waals surface area (Å²) in [4.78, 5) is 15.3. The highest BCUT2D eigenvalue weighted by Gasteiger charge is 2.33. The van der Waals surface area contributed by atoms with Crippen LogP contribution in [0.1, 0.15) is 43.9 Å². The Hall–Kier alpha value is -2.84. The Morgan fingerprint density at radius 3 is 2.46 bits per heavy atom. The fourth-order valence-electron chi connectivity index (χ4n) is 4.73. The molecule has 35 heavy (non-hydrogen) atoms. The maximum Gasteiger partial charge on any atom is 0.243 e. The van der Waals surface area contributed by atoms with Gasteiger partial charge >= 0.3 is 0 Å². The number of para-hydroxylation sites is 1. The Balaban J connectivity index is 1.41. The Bertz CT molecular complexity index is 1260. The molecule has 1 aromatic heterocycles. The van der Waals surface area contributed by atoms with Crippen LogP contribution in [0.15, 0.2) is 57.8 Å². The number of nitrogens with zero attached hydrogens (tertiary/aromatic N) is 2. The van der Waals surface area contributed by atoms with Gasteiger partial charge in [0, 0.05) is 50.0 Å². The number of benzene rings is 2. The van der Waals surface area contributed by atoms with Crippen LogP contribution < -0.4 is 4.74 Å². The minimum Gasteiger partial charge on any atom is -0.497 e. The Kier molecular flexibility index (Phi) is 7.82. The van der Waals surface area contributed by atoms with Gasteiger partial charge in [0.25, 0.3) is 0 Å². The van der Waals surface area contributed by atoms with Crippen molar-refractivity contribution in [2.24, 2.45) is 5.92 Å². The van der Waals surface area contributed by atoms with Crippen molar-refractivity contribution in [2.75, 3.05) is 27.2 Å². The Labute approximate surface area is 207 Å². The lowest BCUT2D eigenvalue weighted by Gasteiger charge is -2.32. The van der Waals surface area contributed by atoms with E-state index < -0.39 is 10.0 Å². The highest BCUT2D eigenvalue weighted by Crippen LogP contribution is 2.30. The molecule has 2 heterocycles. The van der Waals surface area contributed by atoms with Crippen LogP contribution in [0.25, 0.3) is 11.0 Å². The molecule has 2 aromatic carbocycles. The number of sulfonamides is 1. The number of unbranched alkanes of at least 4 members (excludes halogenated alkanes) is 1. The zero-order valence-corrected chi connectivity index (χ0v) is 21.5. The molecule has 0 N–H and O–H groups in total. The fourth-order valence-corrected chi connectivity index (χ4v) is 6.20. The van der Waals surface area contributed by atoms with E-state index in [9.17, 15) is 13.2 Å². The smallest absolute Gasteiger partial charge is 0.243 e. The van der Waals surface area contributed by atoms with E-state index in [1.54, 1.807) is 36.3 Å². The molecule has 8 heteroatoms. The van der Waals surface area contributed by atoms with E-state index >= 15 is 0 Å². The van der Waals surface area contributed by atoms with Crippen LogP contribution in [0.2, 0.25) is 0 Å². The summed E-state index contributed by atoms with van der Waals surface area (Å²) in [6.45, 7) is 3.29. The van der Waals surface area contributed by atoms with Crippen LogP contribution in [0, 0.1) is 5.92 Å². The van der Waals surface area contributed by atoms with Crippen molar-refractivity contribution in [3.8, 4) is 5.75 Å². The van der Waals surface area contributed by atoms with Crippen molar-refractivity contribution < 1.29 is 22.4 Å². The number of amides is 1. The molecule has 3 aromatic rings. The molecular formula is C27H34N2O5S. The number of methoxy groups -OCH3 is 1. The van der Waals surface area contributed by atoms with Crippen LogP contribution >= 0.6 is 0 Å². The third kappa shape index (κ3) is 5.38. The van der Waals surface area contributed by atoms with Gasteiger partial charge in [-0.25, -0.2) is 8.42 Å². The molecule has 4 rings (SSSR count). The van der Waals surface area contributed by atoms with Gasteiger partial charge in [0.1, 0.15) is 17.1 Å². The van der Waals surface area contributed by atoms with Gasteiger partial charge in [-0.05, 0) is 49.6 Å². The highest BCUT2D eigenvalue weighted by atomic mass is 32.2. The van der Waals surface area contributed by atoms with Gasteiger partial charge < -0.3 is 14.1 Å². The number of piperidine rings is 1. The second kappa shape index (κ2) is 10.8. The largest absolute Gasteiger partial charge is 0.497 e. The molecular weight excluding hydrogens is 464 g/mol. The van der Waals surface area contributed by atoms with E-state index in [0.29, 0.717) is 38.2 Å². The van der Waals surface area contributed by atoms with E-state index in [1.807, 2.05) is 31.3 Å². The summed E-state index contributed by atoms with van der Waals surface area (Å²) in [5, 5.41) is 1.05. The molecule has 0 saturated carbocycles. The first-order valence-corrected chi connectivity index (χ1v) is 13.7. The number of fused-ring (bicyclic) bond motifs is 1. The second-order valence-corrected chi connectivity index (χ2v) is 11.1. The lowest BCUT2D eigenvalue weighted by molar-refractivity contribution is -0.135. The first kappa shape index (κ1) is 25.3. The summed E-state index contributed by atoms with van der Waals surface area (Å²) in [6.07, 6.45) is 3.97. The van der Waals surface area contributed by atoms with Crippen molar-refractivity contribution in [1.82, 2.24) is 9.21 Å². The monoisotopic (exact) mass is 498 g/mol. The molecule has 1 aliphatic heterocycles. The van der Waals surface area contributed by atoms with Crippen molar-refractivity contribution in [2.45, 2.75) is 50.5 Å². The third-order valence-electron chi connectivity index (χ3n) is 6.81. The second-order valence-electron chi connectivity index (χ2n) is 9.15. The average Bonchev–Trinajstić information content (AvgIpc) is 3.24. The summed E-state index contributed by atoms with van der Waals surface area (Å²) in [6, 6.07) is 14.4. The molecule has 1 fully saturated rings. The van der Waals surface area contributed by atoms with Crippen LogP contribution in [-0.4, -0.2) is 50.8 Å². The number of rotatable bonds is 9. The minimum absolute atomic E-state index is 0.0539. The van der Waals surface area contributed by atoms with E-state index in [4.69, 9.17) is 9.15 Å². The fraction of sp³-hybridized carbons (Fsp3) is 0.444. The molecule has 1 aliphatic rings. The van der Waals surface area contributed by atoms with Crippen LogP contribution in [0.3, 0.4) is 0 Å². The molecule has 188 valence electrons. The van der Waals surface area contributed by atoms with Crippen molar-refractivity contribution in [3.05, 3.63) is 59.9 Å². The summed E-state index contributed by atoms with van der Waals surface area (Å²) in [7, 11) is -0.223. The van der Waals surface area contributed by atoms with Crippen molar-refractivity contribution in [3.63, 3.8) is 0 Å². The van der Waals surface area contributed by atoms with Gasteiger partial charge in [-0.2, -0.15) is 4.31 Å². The number of ether oxygens (including phenoxy) is 1. The van der Waals surface area contributed by atoms with E-state index in [-0.39, 0.29) is 16.7 Å². The number of carbonyl (C=O) groups is 1. The highest BCUT2D eigenvalue weighted by molar-refractivity contribution is 7.89. The zero-order valence-electron chi connectivity index (χ0n) is 20.7. The lowest BCUT2D eigenvalue weighted by atomic mass is 9.96. The van der Waals surface area contributed by atoms with Crippen LogP contribution in [0.4, 0.5) is 0 Å². The molecule has 1 amide bonds. The van der Waals surface area contributed by atoms with Crippen molar-refractivity contribution >= 4 is 26.9 Å². The van der Waals surface area contributed by atoms with Crippen LogP contribution in [-0.2, 0) is 27.8 Å². The van der Waals surface area contributed by atoms with Gasteiger partial charge in [0.2, 0.25) is 15.9 Å². The minimum atomic E-state index is -3.60. The number of hydrogen-bond donors (Lipinski definition) is 0. The van der Waals surface area contributed by atoms with Gasteiger partial charge in [-0.15, -0.1) is 0 Å². The van der Waals surface area contributed by atoms with Gasteiger partial charge in [-0.1, -0.05) is 31.5 Å². The average molecular weight is 499 g/mol. The number of hydrogen-bond acceptors (Lipinski definition) is 5. The van der Waals surface area contributed by atoms with E-state index in [2.05, 4.69) is 6.92 Å². The summed E-state index contributed by atoms with van der Waals surface area (Å²) in [5.74, 6) is 1.42. The van der Waals surface area contributed by atoms with Crippen LogP contribution in [0.5, 0.6) is 5.75 Å². The van der Waals surface area contributed by atoms with E-state index in [1.165, 1.54) is 4.31 Å². The van der Waals surface area contributed by atoms with E-state index in [0.717, 1.165) is 41.6 Å². The molecule has 1 saturated heterocycles. The lowest BCUT2D eigenvalue weighted by Crippen LogP contribution is -2.43. The number of carbonyl (C=O) groups excluding carboxylic acids is 1. The first-order valence-electron chi connectivity index (χ1n) is 12.2. The Morgan fingerprint density at radius 1 is 1.11 bits per heavy atom. The molecule has 0 aliphatic carbocycles. The van der Waals surface area contributed by atoms with Gasteiger partial charge in [-0.3, -0.25) is 4.79 Å². The normalized spacial score (nSPS) is 15.4.